The molecule has 1 unspecified atom stereocenters. The third kappa shape index (κ3) is 4.68. The molecule has 2 heteroatoms. The molecule has 17 heavy (non-hydrogen) atoms. The molecule has 0 fully saturated rings. The van der Waals surface area contributed by atoms with Crippen molar-refractivity contribution in [3.05, 3.63) is 23.8 Å². The smallest absolute Gasteiger partial charge is 0.120 e. The van der Waals surface area contributed by atoms with E-state index in [4.69, 9.17) is 4.74 Å². The number of aryl methyl sites for hydroxylation is 1. The lowest BCUT2D eigenvalue weighted by molar-refractivity contribution is 0.242. The predicted octanol–water partition coefficient (Wildman–Crippen LogP) is 4.38. The van der Waals surface area contributed by atoms with Gasteiger partial charge in [-0.15, -0.1) is 0 Å². The fourth-order valence-corrected chi connectivity index (χ4v) is 1.91. The van der Waals surface area contributed by atoms with Gasteiger partial charge in [0, 0.05) is 11.7 Å². The van der Waals surface area contributed by atoms with E-state index in [0.29, 0.717) is 6.04 Å². The summed E-state index contributed by atoms with van der Waals surface area (Å²) in [6, 6.07) is 6.77. The summed E-state index contributed by atoms with van der Waals surface area (Å²) in [6.45, 7) is 10.6. The molecule has 0 aliphatic carbocycles. The second kappa shape index (κ2) is 6.53. The van der Waals surface area contributed by atoms with Gasteiger partial charge in [0.25, 0.3) is 0 Å². The summed E-state index contributed by atoms with van der Waals surface area (Å²) in [6.07, 6.45) is 2.64. The SMILES string of the molecule is CCCC(C)Nc1ccc(OC(C)C)cc1C. The monoisotopic (exact) mass is 235 g/mol. The van der Waals surface area contributed by atoms with E-state index in [1.165, 1.54) is 24.1 Å². The molecule has 0 aliphatic rings. The quantitative estimate of drug-likeness (QED) is 0.790. The molecule has 96 valence electrons. The molecule has 1 rings (SSSR count). The maximum absolute atomic E-state index is 5.67. The van der Waals surface area contributed by atoms with E-state index in [1.807, 2.05) is 19.9 Å². The van der Waals surface area contributed by atoms with Gasteiger partial charge in [0.15, 0.2) is 0 Å². The van der Waals surface area contributed by atoms with Crippen molar-refractivity contribution in [3.8, 4) is 5.75 Å². The number of hydrogen-bond donors (Lipinski definition) is 1. The molecular weight excluding hydrogens is 210 g/mol. The lowest BCUT2D eigenvalue weighted by Gasteiger charge is -2.17. The van der Waals surface area contributed by atoms with Gasteiger partial charge in [-0.05, 0) is 57.9 Å². The number of ether oxygens (including phenoxy) is 1. The van der Waals surface area contributed by atoms with Gasteiger partial charge in [-0.25, -0.2) is 0 Å². The number of nitrogens with one attached hydrogen (secondary N) is 1. The molecule has 1 N–H and O–H groups in total. The van der Waals surface area contributed by atoms with Gasteiger partial charge < -0.3 is 10.1 Å². The average Bonchev–Trinajstić information content (AvgIpc) is 2.21. The Kier molecular flexibility index (Phi) is 5.33. The lowest BCUT2D eigenvalue weighted by Crippen LogP contribution is -2.15. The van der Waals surface area contributed by atoms with Crippen LogP contribution < -0.4 is 10.1 Å². The van der Waals surface area contributed by atoms with Gasteiger partial charge in [0.2, 0.25) is 0 Å². The Bertz CT molecular complexity index is 347. The van der Waals surface area contributed by atoms with Crippen LogP contribution >= 0.6 is 0 Å². The van der Waals surface area contributed by atoms with Crippen molar-refractivity contribution < 1.29 is 4.74 Å². The van der Waals surface area contributed by atoms with Crippen LogP contribution in [0.5, 0.6) is 5.75 Å². The molecule has 0 bridgehead atoms. The number of hydrogen-bond acceptors (Lipinski definition) is 2. The molecule has 0 radical (unpaired) electrons. The van der Waals surface area contributed by atoms with Gasteiger partial charge >= 0.3 is 0 Å². The highest BCUT2D eigenvalue weighted by molar-refractivity contribution is 5.54. The minimum absolute atomic E-state index is 0.229. The first kappa shape index (κ1) is 13.9. The fraction of sp³-hybridized carbons (Fsp3) is 0.600. The van der Waals surface area contributed by atoms with Crippen molar-refractivity contribution in [1.82, 2.24) is 0 Å². The van der Waals surface area contributed by atoms with Crippen LogP contribution in [-0.2, 0) is 0 Å². The maximum Gasteiger partial charge on any atom is 0.120 e. The largest absolute Gasteiger partial charge is 0.491 e. The van der Waals surface area contributed by atoms with E-state index in [0.717, 1.165) is 5.75 Å². The van der Waals surface area contributed by atoms with Crippen LogP contribution in [-0.4, -0.2) is 12.1 Å². The molecule has 0 aromatic heterocycles. The summed E-state index contributed by atoms with van der Waals surface area (Å²) < 4.78 is 5.67. The number of anilines is 1. The van der Waals surface area contributed by atoms with Gasteiger partial charge in [-0.3, -0.25) is 0 Å². The average molecular weight is 235 g/mol. The molecule has 1 aromatic rings. The van der Waals surface area contributed by atoms with Crippen molar-refractivity contribution >= 4 is 5.69 Å². The van der Waals surface area contributed by atoms with E-state index >= 15 is 0 Å². The minimum atomic E-state index is 0.229. The lowest BCUT2D eigenvalue weighted by atomic mass is 10.1. The molecule has 1 atom stereocenters. The van der Waals surface area contributed by atoms with E-state index in [-0.39, 0.29) is 6.10 Å². The third-order valence-electron chi connectivity index (χ3n) is 2.69. The van der Waals surface area contributed by atoms with Crippen LogP contribution in [0.25, 0.3) is 0 Å². The Labute approximate surface area is 105 Å². The van der Waals surface area contributed by atoms with E-state index in [2.05, 4.69) is 38.2 Å². The van der Waals surface area contributed by atoms with E-state index in [1.54, 1.807) is 0 Å². The standard InChI is InChI=1S/C15H25NO/c1-6-7-13(5)16-15-9-8-14(10-12(15)4)17-11(2)3/h8-11,13,16H,6-7H2,1-5H3. The molecule has 2 nitrogen and oxygen atoms in total. The topological polar surface area (TPSA) is 21.3 Å². The zero-order valence-corrected chi connectivity index (χ0v) is 11.7. The molecule has 0 saturated carbocycles. The summed E-state index contributed by atoms with van der Waals surface area (Å²) in [5.41, 5.74) is 2.45. The normalized spacial score (nSPS) is 12.6. The van der Waals surface area contributed by atoms with Crippen molar-refractivity contribution in [2.45, 2.75) is 59.6 Å². The van der Waals surface area contributed by atoms with Crippen LogP contribution in [0.4, 0.5) is 5.69 Å². The first-order valence-corrected chi connectivity index (χ1v) is 6.56. The van der Waals surface area contributed by atoms with Crippen LogP contribution in [0.3, 0.4) is 0 Å². The number of benzene rings is 1. The Morgan fingerprint density at radius 3 is 2.47 bits per heavy atom. The Hall–Kier alpha value is -1.18. The summed E-state index contributed by atoms with van der Waals surface area (Å²) in [4.78, 5) is 0. The molecular formula is C15H25NO. The van der Waals surface area contributed by atoms with Crippen LogP contribution in [0, 0.1) is 6.92 Å². The summed E-state index contributed by atoms with van der Waals surface area (Å²) in [7, 11) is 0. The van der Waals surface area contributed by atoms with Crippen molar-refractivity contribution in [1.29, 1.82) is 0 Å². The zero-order chi connectivity index (χ0) is 12.8. The molecule has 1 aromatic carbocycles. The van der Waals surface area contributed by atoms with Crippen LogP contribution in [0.1, 0.15) is 46.1 Å². The summed E-state index contributed by atoms with van der Waals surface area (Å²) in [5.74, 6) is 0.950. The fourth-order valence-electron chi connectivity index (χ4n) is 1.91. The first-order valence-electron chi connectivity index (χ1n) is 6.56. The van der Waals surface area contributed by atoms with Gasteiger partial charge in [-0.1, -0.05) is 13.3 Å². The second-order valence-corrected chi connectivity index (χ2v) is 4.98. The van der Waals surface area contributed by atoms with Crippen LogP contribution in [0.15, 0.2) is 18.2 Å². The van der Waals surface area contributed by atoms with Crippen molar-refractivity contribution in [2.75, 3.05) is 5.32 Å². The maximum atomic E-state index is 5.67. The Morgan fingerprint density at radius 2 is 1.94 bits per heavy atom. The molecule has 0 saturated heterocycles. The van der Waals surface area contributed by atoms with Gasteiger partial charge in [0.05, 0.1) is 6.10 Å². The first-order chi connectivity index (χ1) is 8.02. The summed E-state index contributed by atoms with van der Waals surface area (Å²) >= 11 is 0. The molecule has 0 aliphatic heterocycles. The minimum Gasteiger partial charge on any atom is -0.491 e. The van der Waals surface area contributed by atoms with Gasteiger partial charge in [-0.2, -0.15) is 0 Å². The predicted molar refractivity (Wildman–Crippen MR) is 74.9 cm³/mol. The summed E-state index contributed by atoms with van der Waals surface area (Å²) in [5, 5.41) is 3.54. The van der Waals surface area contributed by atoms with Crippen molar-refractivity contribution in [3.63, 3.8) is 0 Å². The Balaban J connectivity index is 2.69. The van der Waals surface area contributed by atoms with Crippen molar-refractivity contribution in [2.24, 2.45) is 0 Å². The van der Waals surface area contributed by atoms with Gasteiger partial charge in [0.1, 0.15) is 5.75 Å². The molecule has 0 spiro atoms. The molecule has 0 heterocycles. The third-order valence-corrected chi connectivity index (χ3v) is 2.69. The highest BCUT2D eigenvalue weighted by atomic mass is 16.5. The van der Waals surface area contributed by atoms with E-state index in [9.17, 15) is 0 Å². The highest BCUT2D eigenvalue weighted by Gasteiger charge is 2.05. The highest BCUT2D eigenvalue weighted by Crippen LogP contribution is 2.23. The Morgan fingerprint density at radius 1 is 1.24 bits per heavy atom. The zero-order valence-electron chi connectivity index (χ0n) is 11.7. The van der Waals surface area contributed by atoms with E-state index < -0.39 is 0 Å². The van der Waals surface area contributed by atoms with Crippen LogP contribution in [0.2, 0.25) is 0 Å². The number of rotatable bonds is 6. The molecule has 0 amide bonds. The second-order valence-electron chi connectivity index (χ2n) is 4.98.